The number of rotatable bonds is 7. The summed E-state index contributed by atoms with van der Waals surface area (Å²) >= 11 is 3.34. The third kappa shape index (κ3) is 5.85. The summed E-state index contributed by atoms with van der Waals surface area (Å²) in [5.41, 5.74) is 1.48. The maximum Gasteiger partial charge on any atom is 0.269 e. The van der Waals surface area contributed by atoms with Crippen LogP contribution in [-0.2, 0) is 9.59 Å². The van der Waals surface area contributed by atoms with Crippen LogP contribution in [0.5, 0.6) is 5.75 Å². The Hall–Kier alpha value is -2.94. The summed E-state index contributed by atoms with van der Waals surface area (Å²) in [6.45, 7) is 1.36. The van der Waals surface area contributed by atoms with Gasteiger partial charge in [-0.3, -0.25) is 19.7 Å². The second kappa shape index (κ2) is 8.95. The van der Waals surface area contributed by atoms with Crippen LogP contribution in [0.2, 0.25) is 0 Å². The number of nitrogens with zero attached hydrogens (tertiary/aromatic N) is 1. The van der Waals surface area contributed by atoms with Crippen molar-refractivity contribution in [3.8, 4) is 5.75 Å². The molecular formula is C17H16BrN3O5. The zero-order valence-electron chi connectivity index (χ0n) is 13.8. The Morgan fingerprint density at radius 1 is 1.15 bits per heavy atom. The monoisotopic (exact) mass is 421 g/mol. The second-order valence-electron chi connectivity index (χ2n) is 5.32. The van der Waals surface area contributed by atoms with Gasteiger partial charge in [-0.2, -0.15) is 0 Å². The molecule has 0 aromatic heterocycles. The maximum absolute atomic E-state index is 11.9. The van der Waals surface area contributed by atoms with Crippen LogP contribution in [0.15, 0.2) is 46.9 Å². The fourth-order valence-electron chi connectivity index (χ4n) is 2.00. The number of halogens is 1. The summed E-state index contributed by atoms with van der Waals surface area (Å²) in [5, 5.41) is 15.7. The molecule has 136 valence electrons. The number of ether oxygens (including phenoxy) is 1. The lowest BCUT2D eigenvalue weighted by molar-refractivity contribution is -0.384. The van der Waals surface area contributed by atoms with Gasteiger partial charge in [0.25, 0.3) is 11.6 Å². The van der Waals surface area contributed by atoms with Crippen LogP contribution in [0.1, 0.15) is 5.56 Å². The Morgan fingerprint density at radius 3 is 2.46 bits per heavy atom. The molecule has 0 spiro atoms. The van der Waals surface area contributed by atoms with E-state index in [9.17, 15) is 19.7 Å². The number of hydrogen-bond acceptors (Lipinski definition) is 5. The second-order valence-corrected chi connectivity index (χ2v) is 6.24. The van der Waals surface area contributed by atoms with E-state index in [2.05, 4.69) is 26.6 Å². The van der Waals surface area contributed by atoms with Gasteiger partial charge >= 0.3 is 0 Å². The van der Waals surface area contributed by atoms with Crippen LogP contribution in [0.4, 0.5) is 11.4 Å². The summed E-state index contributed by atoms with van der Waals surface area (Å²) in [7, 11) is 0. The lowest BCUT2D eigenvalue weighted by Crippen LogP contribution is -2.35. The van der Waals surface area contributed by atoms with Crippen LogP contribution in [0, 0.1) is 17.0 Å². The standard InChI is InChI=1S/C17H16BrN3O5/c1-11-8-12(18)2-7-15(11)20-16(22)9-19-17(23)10-26-14-5-3-13(4-6-14)21(24)25/h2-8H,9-10H2,1H3,(H,19,23)(H,20,22). The van der Waals surface area contributed by atoms with Gasteiger partial charge in [-0.05, 0) is 42.8 Å². The number of carbonyl (C=O) groups is 2. The third-order valence-corrected chi connectivity index (χ3v) is 3.82. The summed E-state index contributed by atoms with van der Waals surface area (Å²) in [5.74, 6) is -0.522. The third-order valence-electron chi connectivity index (χ3n) is 3.33. The van der Waals surface area contributed by atoms with Crippen molar-refractivity contribution in [2.45, 2.75) is 6.92 Å². The molecule has 0 aliphatic rings. The Morgan fingerprint density at radius 2 is 1.85 bits per heavy atom. The van der Waals surface area contributed by atoms with E-state index in [1.54, 1.807) is 12.1 Å². The minimum Gasteiger partial charge on any atom is -0.484 e. The van der Waals surface area contributed by atoms with Gasteiger partial charge in [0.05, 0.1) is 11.5 Å². The Labute approximate surface area is 157 Å². The van der Waals surface area contributed by atoms with Gasteiger partial charge in [0.15, 0.2) is 6.61 Å². The molecule has 0 saturated heterocycles. The number of nitro benzene ring substituents is 1. The van der Waals surface area contributed by atoms with E-state index in [0.29, 0.717) is 11.4 Å². The number of hydrogen-bond donors (Lipinski definition) is 2. The smallest absolute Gasteiger partial charge is 0.269 e. The van der Waals surface area contributed by atoms with E-state index < -0.39 is 10.8 Å². The van der Waals surface area contributed by atoms with Crippen molar-refractivity contribution >= 4 is 39.1 Å². The summed E-state index contributed by atoms with van der Waals surface area (Å²) in [4.78, 5) is 33.6. The largest absolute Gasteiger partial charge is 0.484 e. The molecule has 0 aliphatic carbocycles. The van der Waals surface area contributed by atoms with Crippen LogP contribution in [-0.4, -0.2) is 29.9 Å². The van der Waals surface area contributed by atoms with Crippen molar-refractivity contribution in [3.63, 3.8) is 0 Å². The van der Waals surface area contributed by atoms with E-state index in [0.717, 1.165) is 10.0 Å². The lowest BCUT2D eigenvalue weighted by Gasteiger charge is -2.10. The lowest BCUT2D eigenvalue weighted by atomic mass is 10.2. The van der Waals surface area contributed by atoms with E-state index in [1.807, 2.05) is 13.0 Å². The summed E-state index contributed by atoms with van der Waals surface area (Å²) < 4.78 is 6.12. The number of aryl methyl sites for hydroxylation is 1. The van der Waals surface area contributed by atoms with E-state index in [4.69, 9.17) is 4.74 Å². The van der Waals surface area contributed by atoms with Gasteiger partial charge in [0.2, 0.25) is 5.91 Å². The van der Waals surface area contributed by atoms with Gasteiger partial charge < -0.3 is 15.4 Å². The molecule has 2 aromatic rings. The van der Waals surface area contributed by atoms with Crippen LogP contribution in [0.25, 0.3) is 0 Å². The summed E-state index contributed by atoms with van der Waals surface area (Å²) in [6.07, 6.45) is 0. The van der Waals surface area contributed by atoms with Gasteiger partial charge in [-0.15, -0.1) is 0 Å². The number of benzene rings is 2. The van der Waals surface area contributed by atoms with Crippen LogP contribution < -0.4 is 15.4 Å². The van der Waals surface area contributed by atoms with Crippen molar-refractivity contribution in [2.75, 3.05) is 18.5 Å². The molecule has 0 atom stereocenters. The zero-order valence-corrected chi connectivity index (χ0v) is 15.4. The number of nitrogens with one attached hydrogen (secondary N) is 2. The number of anilines is 1. The Balaban J connectivity index is 1.75. The zero-order chi connectivity index (χ0) is 19.1. The Bertz CT molecular complexity index is 824. The average Bonchev–Trinajstić information content (AvgIpc) is 2.61. The molecule has 2 rings (SSSR count). The predicted octanol–water partition coefficient (Wildman–Crippen LogP) is 2.80. The van der Waals surface area contributed by atoms with Crippen molar-refractivity contribution < 1.29 is 19.2 Å². The fourth-order valence-corrected chi connectivity index (χ4v) is 2.48. The van der Waals surface area contributed by atoms with Crippen molar-refractivity contribution in [1.29, 1.82) is 0 Å². The van der Waals surface area contributed by atoms with Crippen molar-refractivity contribution in [3.05, 3.63) is 62.6 Å². The van der Waals surface area contributed by atoms with Gasteiger partial charge in [0.1, 0.15) is 5.75 Å². The average molecular weight is 422 g/mol. The van der Waals surface area contributed by atoms with Gasteiger partial charge in [0, 0.05) is 22.3 Å². The molecular weight excluding hydrogens is 406 g/mol. The highest BCUT2D eigenvalue weighted by atomic mass is 79.9. The van der Waals surface area contributed by atoms with Crippen LogP contribution >= 0.6 is 15.9 Å². The van der Waals surface area contributed by atoms with Crippen molar-refractivity contribution in [1.82, 2.24) is 5.32 Å². The molecule has 0 bridgehead atoms. The highest BCUT2D eigenvalue weighted by Gasteiger charge is 2.09. The van der Waals surface area contributed by atoms with Crippen molar-refractivity contribution in [2.24, 2.45) is 0 Å². The molecule has 9 heteroatoms. The first-order chi connectivity index (χ1) is 12.3. The van der Waals surface area contributed by atoms with Gasteiger partial charge in [-0.25, -0.2) is 0 Å². The molecule has 2 amide bonds. The van der Waals surface area contributed by atoms with E-state index >= 15 is 0 Å². The maximum atomic E-state index is 11.9. The molecule has 0 saturated carbocycles. The number of nitro groups is 1. The minimum atomic E-state index is -0.526. The SMILES string of the molecule is Cc1cc(Br)ccc1NC(=O)CNC(=O)COc1ccc([N+](=O)[O-])cc1. The molecule has 0 unspecified atom stereocenters. The number of carbonyl (C=O) groups excluding carboxylic acids is 2. The highest BCUT2D eigenvalue weighted by Crippen LogP contribution is 2.20. The molecule has 0 aliphatic heterocycles. The quantitative estimate of drug-likeness (QED) is 0.527. The molecule has 0 fully saturated rings. The molecule has 2 N–H and O–H groups in total. The Kier molecular flexibility index (Phi) is 6.67. The molecule has 26 heavy (non-hydrogen) atoms. The highest BCUT2D eigenvalue weighted by molar-refractivity contribution is 9.10. The normalized spacial score (nSPS) is 10.1. The topological polar surface area (TPSA) is 111 Å². The minimum absolute atomic E-state index is 0.0679. The predicted molar refractivity (Wildman–Crippen MR) is 99.1 cm³/mol. The number of amides is 2. The van der Waals surface area contributed by atoms with E-state index in [1.165, 1.54) is 24.3 Å². The first kappa shape index (κ1) is 19.4. The first-order valence-corrected chi connectivity index (χ1v) is 8.34. The molecule has 2 aromatic carbocycles. The number of non-ortho nitro benzene ring substituents is 1. The molecule has 0 radical (unpaired) electrons. The van der Waals surface area contributed by atoms with Gasteiger partial charge in [-0.1, -0.05) is 15.9 Å². The fraction of sp³-hybridized carbons (Fsp3) is 0.176. The first-order valence-electron chi connectivity index (χ1n) is 7.55. The molecule has 0 heterocycles. The van der Waals surface area contributed by atoms with E-state index in [-0.39, 0.29) is 24.7 Å². The molecule has 8 nitrogen and oxygen atoms in total. The summed E-state index contributed by atoms with van der Waals surface area (Å²) in [6, 6.07) is 10.8. The van der Waals surface area contributed by atoms with Crippen LogP contribution in [0.3, 0.4) is 0 Å².